The SMILES string of the molecule is COc1ccccc1C(CNC1=NCCN1C)N1CCCCC1. The average molecular weight is 316 g/mol. The lowest BCUT2D eigenvalue weighted by molar-refractivity contribution is 0.161. The van der Waals surface area contributed by atoms with Crippen molar-refractivity contribution in [2.75, 3.05) is 46.9 Å². The minimum Gasteiger partial charge on any atom is -0.496 e. The number of likely N-dealkylation sites (tertiary alicyclic amines) is 1. The number of nitrogens with one attached hydrogen (secondary N) is 1. The van der Waals surface area contributed by atoms with Crippen molar-refractivity contribution in [1.82, 2.24) is 15.1 Å². The van der Waals surface area contributed by atoms with Crippen LogP contribution < -0.4 is 10.1 Å². The lowest BCUT2D eigenvalue weighted by Crippen LogP contribution is -2.43. The second kappa shape index (κ2) is 7.68. The van der Waals surface area contributed by atoms with E-state index < -0.39 is 0 Å². The van der Waals surface area contributed by atoms with Gasteiger partial charge in [0.15, 0.2) is 5.96 Å². The standard InChI is InChI=1S/C18H28N4O/c1-21-13-10-19-18(21)20-14-16(22-11-6-3-7-12-22)15-8-4-5-9-17(15)23-2/h4-5,8-9,16H,3,6-7,10-14H2,1-2H3,(H,19,20). The third-order valence-electron chi connectivity index (χ3n) is 4.84. The number of piperidine rings is 1. The Labute approximate surface area is 139 Å². The zero-order chi connectivity index (χ0) is 16.1. The van der Waals surface area contributed by atoms with Crippen LogP contribution in [0.3, 0.4) is 0 Å². The third-order valence-corrected chi connectivity index (χ3v) is 4.84. The van der Waals surface area contributed by atoms with Crippen LogP contribution in [0, 0.1) is 0 Å². The normalized spacial score (nSPS) is 20.3. The van der Waals surface area contributed by atoms with Gasteiger partial charge in [-0.1, -0.05) is 24.6 Å². The van der Waals surface area contributed by atoms with Crippen LogP contribution in [0.15, 0.2) is 29.3 Å². The highest BCUT2D eigenvalue weighted by atomic mass is 16.5. The molecule has 0 saturated carbocycles. The molecule has 0 radical (unpaired) electrons. The van der Waals surface area contributed by atoms with Gasteiger partial charge in [0.25, 0.3) is 0 Å². The Morgan fingerprint density at radius 2 is 1.96 bits per heavy atom. The number of benzene rings is 1. The third kappa shape index (κ3) is 3.78. The fourth-order valence-corrected chi connectivity index (χ4v) is 3.52. The highest BCUT2D eigenvalue weighted by Gasteiger charge is 2.25. The van der Waals surface area contributed by atoms with Crippen LogP contribution >= 0.6 is 0 Å². The van der Waals surface area contributed by atoms with Crippen molar-refractivity contribution >= 4 is 5.96 Å². The van der Waals surface area contributed by atoms with Gasteiger partial charge in [0.1, 0.15) is 5.75 Å². The molecule has 0 aromatic heterocycles. The van der Waals surface area contributed by atoms with Crippen molar-refractivity contribution in [3.8, 4) is 5.75 Å². The number of ether oxygens (including phenoxy) is 1. The van der Waals surface area contributed by atoms with Crippen LogP contribution in [0.5, 0.6) is 5.75 Å². The monoisotopic (exact) mass is 316 g/mol. The van der Waals surface area contributed by atoms with E-state index in [2.05, 4.69) is 45.4 Å². The van der Waals surface area contributed by atoms with E-state index in [1.807, 2.05) is 6.07 Å². The molecule has 1 unspecified atom stereocenters. The van der Waals surface area contributed by atoms with Crippen molar-refractivity contribution in [3.63, 3.8) is 0 Å². The first-order chi connectivity index (χ1) is 11.3. The molecule has 1 atom stereocenters. The summed E-state index contributed by atoms with van der Waals surface area (Å²) in [5.41, 5.74) is 1.27. The lowest BCUT2D eigenvalue weighted by atomic mass is 10.0. The maximum Gasteiger partial charge on any atom is 0.193 e. The summed E-state index contributed by atoms with van der Waals surface area (Å²) in [6.07, 6.45) is 3.91. The Morgan fingerprint density at radius 1 is 1.17 bits per heavy atom. The molecule has 5 nitrogen and oxygen atoms in total. The molecule has 2 heterocycles. The fourth-order valence-electron chi connectivity index (χ4n) is 3.52. The average Bonchev–Trinajstić information content (AvgIpc) is 3.01. The predicted octanol–water partition coefficient (Wildman–Crippen LogP) is 2.11. The van der Waals surface area contributed by atoms with Gasteiger partial charge in [-0.2, -0.15) is 0 Å². The zero-order valence-corrected chi connectivity index (χ0v) is 14.3. The Morgan fingerprint density at radius 3 is 2.65 bits per heavy atom. The number of para-hydroxylation sites is 1. The lowest BCUT2D eigenvalue weighted by Gasteiger charge is -2.36. The van der Waals surface area contributed by atoms with Crippen molar-refractivity contribution in [3.05, 3.63) is 29.8 Å². The van der Waals surface area contributed by atoms with Gasteiger partial charge in [-0.15, -0.1) is 0 Å². The zero-order valence-electron chi connectivity index (χ0n) is 14.3. The van der Waals surface area contributed by atoms with Gasteiger partial charge in [0.05, 0.1) is 19.7 Å². The van der Waals surface area contributed by atoms with Gasteiger partial charge >= 0.3 is 0 Å². The van der Waals surface area contributed by atoms with Gasteiger partial charge in [0.2, 0.25) is 0 Å². The maximum atomic E-state index is 5.61. The molecule has 1 fully saturated rings. The summed E-state index contributed by atoms with van der Waals surface area (Å²) in [5.74, 6) is 1.99. The second-order valence-electron chi connectivity index (χ2n) is 6.36. The molecule has 1 saturated heterocycles. The van der Waals surface area contributed by atoms with Crippen LogP contribution in [0.1, 0.15) is 30.9 Å². The van der Waals surface area contributed by atoms with Gasteiger partial charge in [-0.3, -0.25) is 9.89 Å². The molecular weight excluding hydrogens is 288 g/mol. The number of hydrogen-bond donors (Lipinski definition) is 1. The number of hydrogen-bond acceptors (Lipinski definition) is 5. The van der Waals surface area contributed by atoms with Crippen LogP contribution in [0.4, 0.5) is 0 Å². The fraction of sp³-hybridized carbons (Fsp3) is 0.611. The van der Waals surface area contributed by atoms with E-state index in [0.717, 1.165) is 44.4 Å². The van der Waals surface area contributed by atoms with Crippen molar-refractivity contribution in [1.29, 1.82) is 0 Å². The molecule has 0 amide bonds. The largest absolute Gasteiger partial charge is 0.496 e. The van der Waals surface area contributed by atoms with E-state index in [-0.39, 0.29) is 0 Å². The summed E-state index contributed by atoms with van der Waals surface area (Å²) in [6, 6.07) is 8.72. The highest BCUT2D eigenvalue weighted by molar-refractivity contribution is 5.81. The minimum absolute atomic E-state index is 0.322. The first kappa shape index (κ1) is 16.1. The summed E-state index contributed by atoms with van der Waals surface area (Å²) in [7, 11) is 3.85. The van der Waals surface area contributed by atoms with E-state index >= 15 is 0 Å². The Kier molecular flexibility index (Phi) is 5.39. The Balaban J connectivity index is 1.78. The molecule has 0 spiro atoms. The number of aliphatic imine (C=N–C) groups is 1. The van der Waals surface area contributed by atoms with E-state index in [1.165, 1.54) is 24.8 Å². The summed E-state index contributed by atoms with van der Waals surface area (Å²) < 4.78 is 5.61. The van der Waals surface area contributed by atoms with Crippen molar-refractivity contribution < 1.29 is 4.74 Å². The number of rotatable bonds is 5. The molecule has 2 aliphatic rings. The topological polar surface area (TPSA) is 40.1 Å². The molecule has 5 heteroatoms. The first-order valence-corrected chi connectivity index (χ1v) is 8.66. The van der Waals surface area contributed by atoms with Crippen LogP contribution in [-0.2, 0) is 0 Å². The number of nitrogens with zero attached hydrogens (tertiary/aromatic N) is 3. The Bertz CT molecular complexity index is 540. The van der Waals surface area contributed by atoms with Gasteiger partial charge in [-0.25, -0.2) is 0 Å². The quantitative estimate of drug-likeness (QED) is 0.903. The molecule has 126 valence electrons. The van der Waals surface area contributed by atoms with Crippen LogP contribution in [0.2, 0.25) is 0 Å². The molecule has 0 aliphatic carbocycles. The molecule has 2 aliphatic heterocycles. The number of methoxy groups -OCH3 is 1. The highest BCUT2D eigenvalue weighted by Crippen LogP contribution is 2.30. The maximum absolute atomic E-state index is 5.61. The Hall–Kier alpha value is -1.75. The van der Waals surface area contributed by atoms with Gasteiger partial charge in [0, 0.05) is 25.7 Å². The van der Waals surface area contributed by atoms with E-state index in [4.69, 9.17) is 4.74 Å². The molecule has 1 aromatic rings. The molecule has 1 aromatic carbocycles. The van der Waals surface area contributed by atoms with E-state index in [9.17, 15) is 0 Å². The molecule has 3 rings (SSSR count). The molecule has 0 bridgehead atoms. The number of likely N-dealkylation sites (N-methyl/N-ethyl adjacent to an activating group) is 1. The van der Waals surface area contributed by atoms with Crippen molar-refractivity contribution in [2.24, 2.45) is 4.99 Å². The van der Waals surface area contributed by atoms with E-state index in [1.54, 1.807) is 7.11 Å². The number of guanidine groups is 1. The van der Waals surface area contributed by atoms with E-state index in [0.29, 0.717) is 6.04 Å². The minimum atomic E-state index is 0.322. The molecule has 1 N–H and O–H groups in total. The van der Waals surface area contributed by atoms with Gasteiger partial charge in [-0.05, 0) is 32.0 Å². The molecular formula is C18H28N4O. The van der Waals surface area contributed by atoms with Crippen LogP contribution in [0.25, 0.3) is 0 Å². The smallest absolute Gasteiger partial charge is 0.193 e. The van der Waals surface area contributed by atoms with Gasteiger partial charge < -0.3 is 15.0 Å². The first-order valence-electron chi connectivity index (χ1n) is 8.66. The second-order valence-corrected chi connectivity index (χ2v) is 6.36. The van der Waals surface area contributed by atoms with Crippen LogP contribution in [-0.4, -0.2) is 62.6 Å². The summed E-state index contributed by atoms with van der Waals surface area (Å²) in [6.45, 7) is 5.08. The van der Waals surface area contributed by atoms with Crippen molar-refractivity contribution in [2.45, 2.75) is 25.3 Å². The summed E-state index contributed by atoms with van der Waals surface area (Å²) >= 11 is 0. The molecule has 23 heavy (non-hydrogen) atoms. The summed E-state index contributed by atoms with van der Waals surface area (Å²) in [5, 5.41) is 3.56. The predicted molar refractivity (Wildman–Crippen MR) is 94.1 cm³/mol. The summed E-state index contributed by atoms with van der Waals surface area (Å²) in [4.78, 5) is 9.33.